The summed E-state index contributed by atoms with van der Waals surface area (Å²) in [5, 5.41) is 5.09. The normalized spacial score (nSPS) is 21.7. The predicted octanol–water partition coefficient (Wildman–Crippen LogP) is 3.26. The van der Waals surface area contributed by atoms with Gasteiger partial charge >= 0.3 is 6.03 Å². The summed E-state index contributed by atoms with van der Waals surface area (Å²) in [6, 6.07) is 23.4. The zero-order valence-electron chi connectivity index (χ0n) is 19.4. The van der Waals surface area contributed by atoms with Gasteiger partial charge in [-0.05, 0) is 41.5 Å². The first-order valence-corrected chi connectivity index (χ1v) is 11.8. The van der Waals surface area contributed by atoms with Gasteiger partial charge in [0.25, 0.3) is 5.91 Å². The number of urea groups is 1. The molecule has 2 fully saturated rings. The fourth-order valence-electron chi connectivity index (χ4n) is 4.69. The molecule has 0 aliphatic carbocycles. The van der Waals surface area contributed by atoms with Crippen LogP contribution in [0.5, 0.6) is 5.75 Å². The van der Waals surface area contributed by atoms with E-state index in [2.05, 4.69) is 15.1 Å². The van der Waals surface area contributed by atoms with Gasteiger partial charge in [-0.3, -0.25) is 14.6 Å². The van der Waals surface area contributed by atoms with Gasteiger partial charge in [-0.1, -0.05) is 54.6 Å². The van der Waals surface area contributed by atoms with Crippen LogP contribution in [0.15, 0.2) is 72.8 Å². The topological polar surface area (TPSA) is 65.1 Å². The van der Waals surface area contributed by atoms with Crippen molar-refractivity contribution in [3.63, 3.8) is 0 Å². The molecule has 0 bridgehead atoms. The lowest BCUT2D eigenvalue weighted by atomic mass is 9.90. The van der Waals surface area contributed by atoms with Crippen LogP contribution in [0.4, 0.5) is 4.79 Å². The number of imide groups is 1. The number of carbonyl (C=O) groups is 2. The lowest BCUT2D eigenvalue weighted by Crippen LogP contribution is -2.52. The highest BCUT2D eigenvalue weighted by molar-refractivity contribution is 6.07. The average molecular weight is 459 g/mol. The van der Waals surface area contributed by atoms with E-state index < -0.39 is 5.54 Å². The Bertz CT molecular complexity index is 1180. The van der Waals surface area contributed by atoms with Gasteiger partial charge in [-0.2, -0.15) is 0 Å². The Balaban J connectivity index is 1.16. The zero-order valence-corrected chi connectivity index (χ0v) is 19.4. The minimum absolute atomic E-state index is 0.202. The third-order valence-corrected chi connectivity index (χ3v) is 6.83. The first-order valence-electron chi connectivity index (χ1n) is 11.8. The number of rotatable bonds is 7. The predicted molar refractivity (Wildman–Crippen MR) is 131 cm³/mol. The average Bonchev–Trinajstić information content (AvgIpc) is 3.09. The highest BCUT2D eigenvalue weighted by atomic mass is 16.5. The number of para-hydroxylation sites is 1. The van der Waals surface area contributed by atoms with E-state index in [-0.39, 0.29) is 11.9 Å². The van der Waals surface area contributed by atoms with E-state index in [0.29, 0.717) is 13.3 Å². The van der Waals surface area contributed by atoms with Crippen molar-refractivity contribution in [3.8, 4) is 5.75 Å². The number of piperazine rings is 1. The van der Waals surface area contributed by atoms with Gasteiger partial charge in [-0.15, -0.1) is 0 Å². The number of nitrogens with zero attached hydrogens (tertiary/aromatic N) is 3. The first-order chi connectivity index (χ1) is 16.5. The van der Waals surface area contributed by atoms with Crippen LogP contribution in [0.1, 0.15) is 12.5 Å². The molecule has 2 aliphatic heterocycles. The molecule has 0 radical (unpaired) electrons. The molecule has 0 saturated carbocycles. The molecule has 34 heavy (non-hydrogen) atoms. The Morgan fingerprint density at radius 3 is 2.29 bits per heavy atom. The molecule has 0 spiro atoms. The second kappa shape index (κ2) is 9.44. The first kappa shape index (κ1) is 22.4. The van der Waals surface area contributed by atoms with Crippen LogP contribution in [0.3, 0.4) is 0 Å². The van der Waals surface area contributed by atoms with Crippen molar-refractivity contribution in [2.24, 2.45) is 0 Å². The second-order valence-electron chi connectivity index (χ2n) is 9.11. The Morgan fingerprint density at radius 1 is 0.853 bits per heavy atom. The number of fused-ring (bicyclic) bond motifs is 1. The Hall–Kier alpha value is -3.42. The number of amides is 3. The molecule has 7 heteroatoms. The molecule has 2 saturated heterocycles. The number of nitrogens with one attached hydrogen (secondary N) is 1. The number of carbonyl (C=O) groups excluding carboxylic acids is 2. The molecular weight excluding hydrogens is 428 g/mol. The number of hydrogen-bond acceptors (Lipinski definition) is 5. The molecule has 3 aromatic rings. The van der Waals surface area contributed by atoms with Crippen molar-refractivity contribution < 1.29 is 14.3 Å². The van der Waals surface area contributed by atoms with Crippen LogP contribution in [-0.2, 0) is 10.3 Å². The minimum Gasteiger partial charge on any atom is -0.492 e. The van der Waals surface area contributed by atoms with Crippen LogP contribution in [0.25, 0.3) is 10.8 Å². The molecule has 2 heterocycles. The molecule has 3 aromatic carbocycles. The highest BCUT2D eigenvalue weighted by Gasteiger charge is 2.49. The molecule has 2 aliphatic rings. The fourth-order valence-corrected chi connectivity index (χ4v) is 4.69. The quantitative estimate of drug-likeness (QED) is 0.551. The van der Waals surface area contributed by atoms with Crippen molar-refractivity contribution in [3.05, 3.63) is 78.4 Å². The van der Waals surface area contributed by atoms with Gasteiger partial charge < -0.3 is 10.1 Å². The fraction of sp³-hybridized carbons (Fsp3) is 0.333. The molecule has 1 N–H and O–H groups in total. The van der Waals surface area contributed by atoms with E-state index in [0.717, 1.165) is 54.8 Å². The molecule has 1 atom stereocenters. The van der Waals surface area contributed by atoms with E-state index in [9.17, 15) is 9.59 Å². The maximum atomic E-state index is 13.4. The number of ether oxygens (including phenoxy) is 1. The Labute approximate surface area is 199 Å². The van der Waals surface area contributed by atoms with Crippen LogP contribution in [0, 0.1) is 0 Å². The van der Waals surface area contributed by atoms with Gasteiger partial charge in [0.05, 0.1) is 6.67 Å². The third kappa shape index (κ3) is 4.49. The van der Waals surface area contributed by atoms with E-state index >= 15 is 0 Å². The standard InChI is InChI=1S/C27H30N4O3/c1-27(23-12-11-21-7-5-6-8-22(21)19-23)25(32)31(26(33)28-27)20-30-15-13-29(14-16-30)17-18-34-24-9-3-2-4-10-24/h2-12,19H,13-18,20H2,1H3,(H,28,33)/t27-/m1/s1. The van der Waals surface area contributed by atoms with E-state index in [1.165, 1.54) is 4.90 Å². The molecule has 3 amide bonds. The highest BCUT2D eigenvalue weighted by Crippen LogP contribution is 2.31. The van der Waals surface area contributed by atoms with Crippen molar-refractivity contribution in [1.82, 2.24) is 20.0 Å². The summed E-state index contributed by atoms with van der Waals surface area (Å²) in [5.74, 6) is 0.681. The summed E-state index contributed by atoms with van der Waals surface area (Å²) >= 11 is 0. The monoisotopic (exact) mass is 458 g/mol. The summed E-state index contributed by atoms with van der Waals surface area (Å²) < 4.78 is 5.80. The van der Waals surface area contributed by atoms with E-state index in [1.54, 1.807) is 6.92 Å². The Morgan fingerprint density at radius 2 is 1.53 bits per heavy atom. The summed E-state index contributed by atoms with van der Waals surface area (Å²) in [7, 11) is 0. The van der Waals surface area contributed by atoms with Gasteiger partial charge in [-0.25, -0.2) is 9.69 Å². The van der Waals surface area contributed by atoms with Gasteiger partial charge in [0, 0.05) is 32.7 Å². The van der Waals surface area contributed by atoms with Crippen molar-refractivity contribution in [1.29, 1.82) is 0 Å². The summed E-state index contributed by atoms with van der Waals surface area (Å²) in [4.78, 5) is 32.0. The molecule has 5 rings (SSSR count). The second-order valence-corrected chi connectivity index (χ2v) is 9.11. The largest absolute Gasteiger partial charge is 0.492 e. The molecule has 0 aromatic heterocycles. The number of benzene rings is 3. The maximum Gasteiger partial charge on any atom is 0.326 e. The van der Waals surface area contributed by atoms with E-state index in [1.807, 2.05) is 72.8 Å². The summed E-state index contributed by atoms with van der Waals surface area (Å²) in [6.07, 6.45) is 0. The SMILES string of the molecule is C[C@]1(c2ccc3ccccc3c2)NC(=O)N(CN2CCN(CCOc3ccccc3)CC2)C1=O. The van der Waals surface area contributed by atoms with Crippen molar-refractivity contribution >= 4 is 22.7 Å². The smallest absolute Gasteiger partial charge is 0.326 e. The van der Waals surface area contributed by atoms with Gasteiger partial charge in [0.1, 0.15) is 17.9 Å². The number of hydrogen-bond donors (Lipinski definition) is 1. The molecule has 7 nitrogen and oxygen atoms in total. The molecular formula is C27H30N4O3. The molecule has 176 valence electrons. The van der Waals surface area contributed by atoms with Gasteiger partial charge in [0.2, 0.25) is 0 Å². The zero-order chi connectivity index (χ0) is 23.5. The van der Waals surface area contributed by atoms with E-state index in [4.69, 9.17) is 4.74 Å². The van der Waals surface area contributed by atoms with Crippen LogP contribution in [-0.4, -0.2) is 72.6 Å². The van der Waals surface area contributed by atoms with Crippen molar-refractivity contribution in [2.75, 3.05) is 46.0 Å². The van der Waals surface area contributed by atoms with Crippen LogP contribution in [0.2, 0.25) is 0 Å². The third-order valence-electron chi connectivity index (χ3n) is 6.83. The van der Waals surface area contributed by atoms with Crippen LogP contribution >= 0.6 is 0 Å². The van der Waals surface area contributed by atoms with Crippen molar-refractivity contribution in [2.45, 2.75) is 12.5 Å². The maximum absolute atomic E-state index is 13.4. The van der Waals surface area contributed by atoms with Gasteiger partial charge in [0.15, 0.2) is 0 Å². The Kier molecular flexibility index (Phi) is 6.22. The summed E-state index contributed by atoms with van der Waals surface area (Å²) in [6.45, 7) is 6.95. The summed E-state index contributed by atoms with van der Waals surface area (Å²) in [5.41, 5.74) is -0.257. The minimum atomic E-state index is -1.06. The molecule has 0 unspecified atom stereocenters. The van der Waals surface area contributed by atoms with Crippen LogP contribution < -0.4 is 10.1 Å². The lowest BCUT2D eigenvalue weighted by molar-refractivity contribution is -0.132. The lowest BCUT2D eigenvalue weighted by Gasteiger charge is -2.36.